The number of carbonyl (C=O) groups excluding carboxylic acids is 1. The van der Waals surface area contributed by atoms with Gasteiger partial charge in [-0.3, -0.25) is 9.89 Å². The highest BCUT2D eigenvalue weighted by Crippen LogP contribution is 2.35. The predicted octanol–water partition coefficient (Wildman–Crippen LogP) is 3.27. The topological polar surface area (TPSA) is 94.1 Å². The Kier molecular flexibility index (Phi) is 5.48. The van der Waals surface area contributed by atoms with E-state index in [1.807, 2.05) is 13.8 Å². The van der Waals surface area contributed by atoms with Crippen LogP contribution in [0.2, 0.25) is 5.02 Å². The van der Waals surface area contributed by atoms with Gasteiger partial charge in [-0.05, 0) is 25.5 Å². The maximum atomic E-state index is 14.6. The molecule has 8 nitrogen and oxygen atoms in total. The number of hydrogen-bond donors (Lipinski definition) is 2. The normalized spacial score (nSPS) is 15.7. The van der Waals surface area contributed by atoms with Crippen LogP contribution in [0, 0.1) is 12.7 Å². The third kappa shape index (κ3) is 3.33. The van der Waals surface area contributed by atoms with Crippen molar-refractivity contribution in [3.8, 4) is 11.4 Å². The Bertz CT molecular complexity index is 1110. The van der Waals surface area contributed by atoms with E-state index in [1.54, 1.807) is 6.20 Å². The van der Waals surface area contributed by atoms with Crippen LogP contribution in [0.25, 0.3) is 5.69 Å². The van der Waals surface area contributed by atoms with Gasteiger partial charge in [-0.1, -0.05) is 18.5 Å². The first-order chi connectivity index (χ1) is 14.5. The number of amides is 1. The van der Waals surface area contributed by atoms with Gasteiger partial charge in [-0.15, -0.1) is 0 Å². The van der Waals surface area contributed by atoms with Gasteiger partial charge in [0.1, 0.15) is 16.5 Å². The number of rotatable bonds is 5. The third-order valence-electron chi connectivity index (χ3n) is 5.21. The fraction of sp³-hybridized carbons (Fsp3) is 0.350. The number of carbonyl (C=O) groups is 1. The minimum absolute atomic E-state index is 0.0732. The molecule has 3 aromatic rings. The highest BCUT2D eigenvalue weighted by molar-refractivity contribution is 6.33. The summed E-state index contributed by atoms with van der Waals surface area (Å²) in [7, 11) is 1.46. The van der Waals surface area contributed by atoms with E-state index in [0.29, 0.717) is 23.6 Å². The Morgan fingerprint density at radius 3 is 3.03 bits per heavy atom. The molecule has 1 aliphatic rings. The van der Waals surface area contributed by atoms with Crippen molar-refractivity contribution in [2.24, 2.45) is 0 Å². The summed E-state index contributed by atoms with van der Waals surface area (Å²) in [5, 5.41) is 14.3. The van der Waals surface area contributed by atoms with Crippen molar-refractivity contribution in [1.29, 1.82) is 0 Å². The van der Waals surface area contributed by atoms with E-state index >= 15 is 0 Å². The van der Waals surface area contributed by atoms with Gasteiger partial charge in [-0.25, -0.2) is 9.07 Å². The number of aromatic nitrogens is 4. The van der Waals surface area contributed by atoms with Crippen molar-refractivity contribution >= 4 is 17.5 Å². The van der Waals surface area contributed by atoms with Crippen LogP contribution >= 0.6 is 11.6 Å². The molecule has 2 aromatic heterocycles. The lowest BCUT2D eigenvalue weighted by Gasteiger charge is -2.24. The smallest absolute Gasteiger partial charge is 0.272 e. The SMILES string of the molecule is CCc1c(C(=O)N[C@@H]2COCc3c2cnn3-c2c(F)ccc(OC)c2Cl)n[nH]c1C. The first kappa shape index (κ1) is 20.4. The number of fused-ring (bicyclic) bond motifs is 1. The van der Waals surface area contributed by atoms with Gasteiger partial charge in [0.2, 0.25) is 0 Å². The number of nitrogens with zero attached hydrogens (tertiary/aromatic N) is 3. The number of methoxy groups -OCH3 is 1. The van der Waals surface area contributed by atoms with Crippen molar-refractivity contribution < 1.29 is 18.7 Å². The zero-order chi connectivity index (χ0) is 21.4. The minimum atomic E-state index is -0.544. The lowest BCUT2D eigenvalue weighted by Crippen LogP contribution is -2.35. The van der Waals surface area contributed by atoms with E-state index in [-0.39, 0.29) is 29.8 Å². The summed E-state index contributed by atoms with van der Waals surface area (Å²) in [5.41, 5.74) is 3.50. The number of H-pyrrole nitrogens is 1. The van der Waals surface area contributed by atoms with E-state index < -0.39 is 11.9 Å². The molecule has 1 atom stereocenters. The third-order valence-corrected chi connectivity index (χ3v) is 5.58. The first-order valence-electron chi connectivity index (χ1n) is 9.47. The highest BCUT2D eigenvalue weighted by Gasteiger charge is 2.30. The van der Waals surface area contributed by atoms with Crippen LogP contribution in [0.5, 0.6) is 5.75 Å². The van der Waals surface area contributed by atoms with Crippen LogP contribution in [0.4, 0.5) is 4.39 Å². The van der Waals surface area contributed by atoms with E-state index in [0.717, 1.165) is 16.8 Å². The summed E-state index contributed by atoms with van der Waals surface area (Å²) >= 11 is 6.34. The average Bonchev–Trinajstić information content (AvgIpc) is 3.32. The Morgan fingerprint density at radius 1 is 1.50 bits per heavy atom. The molecule has 1 aromatic carbocycles. The number of benzene rings is 1. The molecule has 30 heavy (non-hydrogen) atoms. The van der Waals surface area contributed by atoms with Gasteiger partial charge >= 0.3 is 0 Å². The number of nitrogens with one attached hydrogen (secondary N) is 2. The van der Waals surface area contributed by atoms with Crippen LogP contribution in [-0.2, 0) is 17.8 Å². The van der Waals surface area contributed by atoms with E-state index in [4.69, 9.17) is 21.1 Å². The molecule has 1 aliphatic heterocycles. The number of halogens is 2. The molecule has 4 rings (SSSR count). The molecular formula is C20H21ClFN5O3. The first-order valence-corrected chi connectivity index (χ1v) is 9.85. The zero-order valence-corrected chi connectivity index (χ0v) is 17.5. The van der Waals surface area contributed by atoms with Gasteiger partial charge < -0.3 is 14.8 Å². The predicted molar refractivity (Wildman–Crippen MR) is 108 cm³/mol. The summed E-state index contributed by atoms with van der Waals surface area (Å²) in [5.74, 6) is -0.520. The molecule has 0 spiro atoms. The van der Waals surface area contributed by atoms with Gasteiger partial charge in [0, 0.05) is 16.8 Å². The molecule has 0 saturated carbocycles. The molecule has 0 fully saturated rings. The van der Waals surface area contributed by atoms with Gasteiger partial charge in [0.25, 0.3) is 5.91 Å². The molecule has 0 bridgehead atoms. The number of aryl methyl sites for hydroxylation is 1. The molecule has 0 radical (unpaired) electrons. The van der Waals surface area contributed by atoms with Crippen molar-refractivity contribution in [3.63, 3.8) is 0 Å². The van der Waals surface area contributed by atoms with Crippen molar-refractivity contribution in [3.05, 3.63) is 57.4 Å². The van der Waals surface area contributed by atoms with E-state index in [2.05, 4.69) is 20.6 Å². The molecule has 0 unspecified atom stereocenters. The van der Waals surface area contributed by atoms with Gasteiger partial charge in [-0.2, -0.15) is 10.2 Å². The van der Waals surface area contributed by atoms with E-state index in [9.17, 15) is 9.18 Å². The van der Waals surface area contributed by atoms with Crippen molar-refractivity contribution in [2.45, 2.75) is 32.9 Å². The fourth-order valence-electron chi connectivity index (χ4n) is 3.67. The largest absolute Gasteiger partial charge is 0.495 e. The summed E-state index contributed by atoms with van der Waals surface area (Å²) in [6.45, 7) is 4.31. The molecule has 0 aliphatic carbocycles. The standard InChI is InChI=1S/C20H21ClFN5O3/c1-4-11-10(2)25-26-18(11)20(28)24-14-8-30-9-15-12(14)7-23-27(15)19-13(22)5-6-16(29-3)17(19)21/h5-7,14H,4,8-9H2,1-3H3,(H,24,28)(H,25,26)/t14-/m1/s1. The van der Waals surface area contributed by atoms with Crippen LogP contribution < -0.4 is 10.1 Å². The maximum Gasteiger partial charge on any atom is 0.272 e. The van der Waals surface area contributed by atoms with Crippen molar-refractivity contribution in [2.75, 3.05) is 13.7 Å². The molecule has 2 N–H and O–H groups in total. The Labute approximate surface area is 177 Å². The second kappa shape index (κ2) is 8.08. The fourth-order valence-corrected chi connectivity index (χ4v) is 3.98. The Morgan fingerprint density at radius 2 is 2.30 bits per heavy atom. The van der Waals surface area contributed by atoms with E-state index in [1.165, 1.54) is 23.9 Å². The molecule has 3 heterocycles. The van der Waals surface area contributed by atoms with Gasteiger partial charge in [0.05, 0.1) is 38.3 Å². The summed E-state index contributed by atoms with van der Waals surface area (Å²) < 4.78 is 26.8. The summed E-state index contributed by atoms with van der Waals surface area (Å²) in [4.78, 5) is 12.8. The molecular weight excluding hydrogens is 413 g/mol. The molecule has 0 saturated heterocycles. The minimum Gasteiger partial charge on any atom is -0.495 e. The number of hydrogen-bond acceptors (Lipinski definition) is 5. The lowest BCUT2D eigenvalue weighted by molar-refractivity contribution is 0.0683. The van der Waals surface area contributed by atoms with Crippen molar-refractivity contribution in [1.82, 2.24) is 25.3 Å². The molecule has 1 amide bonds. The molecule has 158 valence electrons. The monoisotopic (exact) mass is 433 g/mol. The maximum absolute atomic E-state index is 14.6. The van der Waals surface area contributed by atoms with Crippen LogP contribution in [0.1, 0.15) is 46.0 Å². The van der Waals surface area contributed by atoms with Gasteiger partial charge in [0.15, 0.2) is 11.5 Å². The second-order valence-electron chi connectivity index (χ2n) is 6.94. The molecule has 10 heteroatoms. The zero-order valence-electron chi connectivity index (χ0n) is 16.8. The average molecular weight is 434 g/mol. The Balaban J connectivity index is 1.68. The second-order valence-corrected chi connectivity index (χ2v) is 7.32. The van der Waals surface area contributed by atoms with Crippen LogP contribution in [-0.4, -0.2) is 39.6 Å². The summed E-state index contributed by atoms with van der Waals surface area (Å²) in [6.07, 6.45) is 2.28. The Hall–Kier alpha value is -2.91. The lowest BCUT2D eigenvalue weighted by atomic mass is 10.1. The quantitative estimate of drug-likeness (QED) is 0.644. The summed E-state index contributed by atoms with van der Waals surface area (Å²) in [6, 6.07) is 2.26. The number of aromatic amines is 1. The van der Waals surface area contributed by atoms with Crippen LogP contribution in [0.3, 0.4) is 0 Å². The van der Waals surface area contributed by atoms with Crippen LogP contribution in [0.15, 0.2) is 18.3 Å². The highest BCUT2D eigenvalue weighted by atomic mass is 35.5. The number of ether oxygens (including phenoxy) is 2.